The molecule has 0 spiro atoms. The van der Waals surface area contributed by atoms with Gasteiger partial charge in [0.05, 0.1) is 0 Å². The molecule has 0 radical (unpaired) electrons. The Kier molecular flexibility index (Phi) is 5.24. The van der Waals surface area contributed by atoms with Gasteiger partial charge in [-0.1, -0.05) is 6.92 Å². The Labute approximate surface area is 126 Å². The maximum absolute atomic E-state index is 12.1. The lowest BCUT2D eigenvalue weighted by atomic mass is 9.99. The van der Waals surface area contributed by atoms with Crippen molar-refractivity contribution < 1.29 is 4.79 Å². The van der Waals surface area contributed by atoms with Gasteiger partial charge in [-0.15, -0.1) is 0 Å². The van der Waals surface area contributed by atoms with Crippen molar-refractivity contribution in [3.8, 4) is 12.0 Å². The van der Waals surface area contributed by atoms with Crippen LogP contribution < -0.4 is 10.6 Å². The average molecular weight is 285 g/mol. The van der Waals surface area contributed by atoms with Crippen LogP contribution in [0.5, 0.6) is 0 Å². The minimum atomic E-state index is 0.147. The Bertz CT molecular complexity index is 578. The number of nitrogens with one attached hydrogen (secondary N) is 2. The molecule has 4 nitrogen and oxygen atoms in total. The van der Waals surface area contributed by atoms with E-state index in [4.69, 9.17) is 0 Å². The summed E-state index contributed by atoms with van der Waals surface area (Å²) < 4.78 is 0. The molecule has 0 bridgehead atoms. The van der Waals surface area contributed by atoms with Crippen LogP contribution in [0.15, 0.2) is 12.1 Å². The predicted molar refractivity (Wildman–Crippen MR) is 86.7 cm³/mol. The number of carbonyl (C=O) groups is 1. The standard InChI is InChI=1S/C17H23N3O/c1-4-16(21)15-12-14(11-13(2)17(15)18-3)5-8-20-9-6-19-7-10-20/h11-12,18-19H,4,6-7,9-10H2,1-3H3. The lowest BCUT2D eigenvalue weighted by Crippen LogP contribution is -2.40. The molecule has 112 valence electrons. The monoisotopic (exact) mass is 285 g/mol. The third kappa shape index (κ3) is 3.77. The Morgan fingerprint density at radius 3 is 2.71 bits per heavy atom. The molecular weight excluding hydrogens is 262 g/mol. The Morgan fingerprint density at radius 1 is 1.38 bits per heavy atom. The van der Waals surface area contributed by atoms with Gasteiger partial charge in [0.25, 0.3) is 0 Å². The van der Waals surface area contributed by atoms with E-state index in [2.05, 4.69) is 27.5 Å². The molecule has 0 saturated carbocycles. The number of anilines is 1. The Hall–Kier alpha value is -1.99. The van der Waals surface area contributed by atoms with Crippen molar-refractivity contribution in [2.45, 2.75) is 20.3 Å². The predicted octanol–water partition coefficient (Wildman–Crippen LogP) is 1.84. The van der Waals surface area contributed by atoms with Gasteiger partial charge >= 0.3 is 0 Å². The third-order valence-electron chi connectivity index (χ3n) is 3.68. The Morgan fingerprint density at radius 2 is 2.10 bits per heavy atom. The van der Waals surface area contributed by atoms with Crippen LogP contribution in [0.3, 0.4) is 0 Å². The molecule has 4 heteroatoms. The summed E-state index contributed by atoms with van der Waals surface area (Å²) in [6.07, 6.45) is 0.503. The van der Waals surface area contributed by atoms with E-state index in [0.29, 0.717) is 6.42 Å². The molecule has 1 aromatic rings. The summed E-state index contributed by atoms with van der Waals surface area (Å²) in [5, 5.41) is 6.43. The number of carbonyl (C=O) groups excluding carboxylic acids is 1. The zero-order valence-corrected chi connectivity index (χ0v) is 13.0. The first kappa shape index (κ1) is 15.4. The smallest absolute Gasteiger partial charge is 0.164 e. The first-order valence-electron chi connectivity index (χ1n) is 7.48. The third-order valence-corrected chi connectivity index (χ3v) is 3.68. The van der Waals surface area contributed by atoms with E-state index in [-0.39, 0.29) is 5.78 Å². The fraction of sp³-hybridized carbons (Fsp3) is 0.471. The van der Waals surface area contributed by atoms with E-state index >= 15 is 0 Å². The van der Waals surface area contributed by atoms with Gasteiger partial charge < -0.3 is 15.5 Å². The van der Waals surface area contributed by atoms with Crippen molar-refractivity contribution in [1.29, 1.82) is 0 Å². The lowest BCUT2D eigenvalue weighted by molar-refractivity contribution is 0.0989. The average Bonchev–Trinajstić information content (AvgIpc) is 2.52. The maximum atomic E-state index is 12.1. The van der Waals surface area contributed by atoms with Gasteiger partial charge in [-0.05, 0) is 30.5 Å². The second-order valence-corrected chi connectivity index (χ2v) is 5.22. The summed E-state index contributed by atoms with van der Waals surface area (Å²) in [6.45, 7) is 7.74. The van der Waals surface area contributed by atoms with Crippen LogP contribution >= 0.6 is 0 Å². The van der Waals surface area contributed by atoms with Crippen LogP contribution in [0.1, 0.15) is 34.8 Å². The number of hydrogen-bond donors (Lipinski definition) is 2. The highest BCUT2D eigenvalue weighted by Gasteiger charge is 2.12. The summed E-state index contributed by atoms with van der Waals surface area (Å²) in [4.78, 5) is 14.2. The second-order valence-electron chi connectivity index (χ2n) is 5.22. The van der Waals surface area contributed by atoms with Crippen LogP contribution in [0.2, 0.25) is 0 Å². The molecule has 0 aromatic heterocycles. The molecule has 1 aliphatic heterocycles. The molecule has 2 rings (SSSR count). The number of nitrogens with zero attached hydrogens (tertiary/aromatic N) is 1. The molecule has 1 saturated heterocycles. The minimum absolute atomic E-state index is 0.147. The first-order valence-corrected chi connectivity index (χ1v) is 7.48. The van der Waals surface area contributed by atoms with Crippen LogP contribution in [0.25, 0.3) is 0 Å². The molecular formula is C17H23N3O. The topological polar surface area (TPSA) is 44.4 Å². The second kappa shape index (κ2) is 7.14. The highest BCUT2D eigenvalue weighted by molar-refractivity contribution is 6.02. The van der Waals surface area contributed by atoms with Gasteiger partial charge in [0, 0.05) is 62.5 Å². The van der Waals surface area contributed by atoms with Crippen LogP contribution in [-0.2, 0) is 0 Å². The number of aryl methyl sites for hydroxylation is 1. The number of ketones is 1. The number of Topliss-reactive ketones (excluding diaryl/α,β-unsaturated/α-hetero) is 1. The lowest BCUT2D eigenvalue weighted by Gasteiger charge is -2.23. The quantitative estimate of drug-likeness (QED) is 0.657. The molecule has 2 N–H and O–H groups in total. The van der Waals surface area contributed by atoms with Gasteiger partial charge in [0.15, 0.2) is 5.78 Å². The van der Waals surface area contributed by atoms with Crippen molar-refractivity contribution in [3.63, 3.8) is 0 Å². The normalized spacial score (nSPS) is 14.3. The van der Waals surface area contributed by atoms with Gasteiger partial charge in [-0.25, -0.2) is 0 Å². The van der Waals surface area contributed by atoms with E-state index < -0.39 is 0 Å². The summed E-state index contributed by atoms with van der Waals surface area (Å²) in [6, 6.07) is 7.14. The molecule has 1 heterocycles. The van der Waals surface area contributed by atoms with Crippen LogP contribution in [0.4, 0.5) is 5.69 Å². The fourth-order valence-corrected chi connectivity index (χ4v) is 2.52. The van der Waals surface area contributed by atoms with Gasteiger partial charge in [-0.3, -0.25) is 4.79 Å². The van der Waals surface area contributed by atoms with Crippen molar-refractivity contribution in [1.82, 2.24) is 10.2 Å². The number of rotatable bonds is 3. The van der Waals surface area contributed by atoms with Crippen LogP contribution in [-0.4, -0.2) is 43.9 Å². The van der Waals surface area contributed by atoms with Crippen LogP contribution in [0, 0.1) is 18.9 Å². The van der Waals surface area contributed by atoms with E-state index in [1.54, 1.807) is 0 Å². The molecule has 1 aromatic carbocycles. The van der Waals surface area contributed by atoms with Crippen molar-refractivity contribution in [2.75, 3.05) is 38.5 Å². The summed E-state index contributed by atoms with van der Waals surface area (Å²) in [7, 11) is 1.85. The van der Waals surface area contributed by atoms with E-state index in [9.17, 15) is 4.79 Å². The fourth-order valence-electron chi connectivity index (χ4n) is 2.52. The van der Waals surface area contributed by atoms with Crippen molar-refractivity contribution in [2.24, 2.45) is 0 Å². The highest BCUT2D eigenvalue weighted by Crippen LogP contribution is 2.23. The molecule has 1 aliphatic rings. The highest BCUT2D eigenvalue weighted by atomic mass is 16.1. The first-order chi connectivity index (χ1) is 10.2. The molecule has 0 aliphatic carbocycles. The molecule has 0 unspecified atom stereocenters. The SMILES string of the molecule is CCC(=O)c1cc(C#CN2CCNCC2)cc(C)c1NC. The Balaban J connectivity index is 2.30. The zero-order valence-electron chi connectivity index (χ0n) is 13.0. The van der Waals surface area contributed by atoms with Gasteiger partial charge in [0.2, 0.25) is 0 Å². The van der Waals surface area contributed by atoms with Crippen molar-refractivity contribution in [3.05, 3.63) is 28.8 Å². The number of benzene rings is 1. The molecule has 21 heavy (non-hydrogen) atoms. The summed E-state index contributed by atoms with van der Waals surface area (Å²) in [5.74, 6) is 3.34. The van der Waals surface area contributed by atoms with E-state index in [0.717, 1.165) is 48.6 Å². The summed E-state index contributed by atoms with van der Waals surface area (Å²) in [5.41, 5.74) is 3.61. The molecule has 0 atom stereocenters. The molecule has 0 amide bonds. The van der Waals surface area contributed by atoms with Crippen molar-refractivity contribution >= 4 is 11.5 Å². The zero-order chi connectivity index (χ0) is 15.2. The minimum Gasteiger partial charge on any atom is -0.387 e. The van der Waals surface area contributed by atoms with E-state index in [1.165, 1.54) is 0 Å². The molecule has 1 fully saturated rings. The largest absolute Gasteiger partial charge is 0.387 e. The van der Waals surface area contributed by atoms with Gasteiger partial charge in [0.1, 0.15) is 0 Å². The van der Waals surface area contributed by atoms with Gasteiger partial charge in [-0.2, -0.15) is 0 Å². The maximum Gasteiger partial charge on any atom is 0.164 e. The number of hydrogen-bond acceptors (Lipinski definition) is 4. The number of piperazine rings is 1. The van der Waals surface area contributed by atoms with E-state index in [1.807, 2.05) is 33.0 Å². The summed E-state index contributed by atoms with van der Waals surface area (Å²) >= 11 is 0.